The Morgan fingerprint density at radius 3 is 2.06 bits per heavy atom. The van der Waals surface area contributed by atoms with Crippen LogP contribution in [0.15, 0.2) is 94.8 Å². The molecule has 0 bridgehead atoms. The summed E-state index contributed by atoms with van der Waals surface area (Å²) in [6.07, 6.45) is 1.47. The number of aryl methyl sites for hydroxylation is 1. The molecule has 9 N–H and O–H groups in total. The Kier molecular flexibility index (Phi) is 22.2. The molecule has 1 saturated heterocycles. The van der Waals surface area contributed by atoms with Crippen molar-refractivity contribution in [1.82, 2.24) is 30.9 Å². The van der Waals surface area contributed by atoms with Gasteiger partial charge in [-0.2, -0.15) is 0 Å². The van der Waals surface area contributed by atoms with Crippen LogP contribution in [0.5, 0.6) is 0 Å². The van der Waals surface area contributed by atoms with Crippen LogP contribution in [0.3, 0.4) is 0 Å². The van der Waals surface area contributed by atoms with E-state index >= 15 is 0 Å². The van der Waals surface area contributed by atoms with Crippen molar-refractivity contribution in [1.29, 1.82) is 0 Å². The summed E-state index contributed by atoms with van der Waals surface area (Å²) in [4.78, 5) is 84.2. The van der Waals surface area contributed by atoms with Crippen molar-refractivity contribution in [2.24, 2.45) is 16.5 Å². The van der Waals surface area contributed by atoms with Gasteiger partial charge in [0.25, 0.3) is 10.0 Å². The van der Waals surface area contributed by atoms with Crippen LogP contribution in [0.2, 0.25) is 0 Å². The first-order valence-electron chi connectivity index (χ1n) is 21.1. The maximum absolute atomic E-state index is 13.9. The van der Waals surface area contributed by atoms with Gasteiger partial charge in [-0.05, 0) is 82.1 Å². The Labute approximate surface area is 385 Å². The monoisotopic (exact) mass is 941 g/mol. The Bertz CT molecular complexity index is 2170. The van der Waals surface area contributed by atoms with Gasteiger partial charge in [-0.3, -0.25) is 24.2 Å². The number of unbranched alkanes of at least 4 members (excludes halogenated alkanes) is 1. The van der Waals surface area contributed by atoms with Gasteiger partial charge in [0.2, 0.25) is 29.6 Å². The van der Waals surface area contributed by atoms with E-state index in [4.69, 9.17) is 20.9 Å². The van der Waals surface area contributed by atoms with Gasteiger partial charge in [0.15, 0.2) is 0 Å². The first kappa shape index (κ1) is 53.1. The lowest BCUT2D eigenvalue weighted by atomic mass is 10.1. The summed E-state index contributed by atoms with van der Waals surface area (Å²) in [5.41, 5.74) is 13.8. The first-order valence-corrected chi connectivity index (χ1v) is 22.6. The van der Waals surface area contributed by atoms with Crippen molar-refractivity contribution in [2.75, 3.05) is 26.2 Å². The first-order chi connectivity index (χ1) is 30.7. The number of alkyl carbamates (subject to hydrolysis) is 1. The van der Waals surface area contributed by atoms with Crippen LogP contribution >= 0.6 is 12.4 Å². The van der Waals surface area contributed by atoms with E-state index in [1.54, 1.807) is 36.4 Å². The van der Waals surface area contributed by atoms with E-state index < -0.39 is 76.4 Å². The molecule has 3 aromatic rings. The van der Waals surface area contributed by atoms with Crippen LogP contribution in [-0.2, 0) is 56.7 Å². The van der Waals surface area contributed by atoms with Gasteiger partial charge in [-0.15, -0.1) is 12.4 Å². The number of ether oxygens (including phenoxy) is 2. The predicted molar refractivity (Wildman–Crippen MR) is 244 cm³/mol. The molecule has 5 amide bonds. The largest absolute Gasteiger partial charge is 0.459 e. The summed E-state index contributed by atoms with van der Waals surface area (Å²) < 4.78 is 38.3. The van der Waals surface area contributed by atoms with Crippen LogP contribution in [0.25, 0.3) is 0 Å². The number of nitrogens with one attached hydrogen (secondary N) is 5. The molecular weight excluding hydrogens is 882 g/mol. The molecule has 1 aliphatic heterocycles. The van der Waals surface area contributed by atoms with E-state index in [2.05, 4.69) is 31.0 Å². The summed E-state index contributed by atoms with van der Waals surface area (Å²) in [6, 6.07) is 20.1. The van der Waals surface area contributed by atoms with Crippen LogP contribution in [-0.4, -0.2) is 105 Å². The van der Waals surface area contributed by atoms with E-state index in [0.29, 0.717) is 19.3 Å². The van der Waals surface area contributed by atoms with Crippen molar-refractivity contribution in [3.8, 4) is 0 Å². The topological polar surface area (TPSA) is 283 Å². The number of amides is 5. The number of hydrogen-bond donors (Lipinski definition) is 7. The number of nitrogens with zero attached hydrogens (tertiary/aromatic N) is 2. The Balaban J connectivity index is 0.0000112. The number of halogens is 1. The second-order valence-electron chi connectivity index (χ2n) is 15.2. The number of esters is 1. The molecule has 0 aliphatic carbocycles. The molecule has 4 rings (SSSR count). The summed E-state index contributed by atoms with van der Waals surface area (Å²) in [6.45, 7) is 3.43. The van der Waals surface area contributed by atoms with Crippen molar-refractivity contribution in [3.05, 3.63) is 102 Å². The quantitative estimate of drug-likeness (QED) is 0.0312. The van der Waals surface area contributed by atoms with Gasteiger partial charge >= 0.3 is 12.1 Å². The highest BCUT2D eigenvalue weighted by Gasteiger charge is 2.38. The number of nitrogens with two attached hydrogens (primary N) is 2. The van der Waals surface area contributed by atoms with Gasteiger partial charge in [-0.25, -0.2) is 22.7 Å². The lowest BCUT2D eigenvalue weighted by molar-refractivity contribution is -0.149. The molecule has 3 aromatic carbocycles. The van der Waals surface area contributed by atoms with E-state index in [1.807, 2.05) is 43.3 Å². The highest BCUT2D eigenvalue weighted by molar-refractivity contribution is 7.90. The van der Waals surface area contributed by atoms with Crippen molar-refractivity contribution in [3.63, 3.8) is 0 Å². The molecule has 1 fully saturated rings. The molecule has 0 unspecified atom stereocenters. The Morgan fingerprint density at radius 2 is 1.43 bits per heavy atom. The number of carbonyl (C=O) groups is 6. The van der Waals surface area contributed by atoms with Crippen LogP contribution in [0.1, 0.15) is 68.6 Å². The molecule has 4 atom stereocenters. The van der Waals surface area contributed by atoms with E-state index in [0.717, 1.165) is 16.7 Å². The number of guanidine groups is 1. The molecule has 1 heterocycles. The smallest absolute Gasteiger partial charge is 0.407 e. The van der Waals surface area contributed by atoms with Crippen molar-refractivity contribution >= 4 is 64.1 Å². The molecule has 21 heteroatoms. The van der Waals surface area contributed by atoms with Crippen LogP contribution in [0, 0.1) is 6.92 Å². The fourth-order valence-corrected chi connectivity index (χ4v) is 7.60. The number of hydrogen-bond acceptors (Lipinski definition) is 12. The summed E-state index contributed by atoms with van der Waals surface area (Å²) in [5, 5.41) is 10.6. The van der Waals surface area contributed by atoms with Crippen LogP contribution < -0.4 is 37.5 Å². The van der Waals surface area contributed by atoms with Crippen LogP contribution in [0.4, 0.5) is 4.79 Å². The molecule has 1 aliphatic rings. The number of carbonyl (C=O) groups excluding carboxylic acids is 6. The highest BCUT2D eigenvalue weighted by atomic mass is 35.5. The second kappa shape index (κ2) is 27.2. The molecular formula is C44H60ClN9O10S. The third kappa shape index (κ3) is 18.0. The van der Waals surface area contributed by atoms with E-state index in [-0.39, 0.29) is 81.8 Å². The minimum Gasteiger partial charge on any atom is -0.459 e. The van der Waals surface area contributed by atoms with Gasteiger partial charge < -0.3 is 47.1 Å². The van der Waals surface area contributed by atoms with Crippen molar-refractivity contribution in [2.45, 2.75) is 101 Å². The maximum Gasteiger partial charge on any atom is 0.407 e. The zero-order valence-corrected chi connectivity index (χ0v) is 38.2. The number of benzene rings is 3. The number of aliphatic imine (C=N–C) groups is 1. The molecule has 0 aromatic heterocycles. The molecule has 0 radical (unpaired) electrons. The average molecular weight is 943 g/mol. The molecule has 354 valence electrons. The number of sulfonamides is 1. The minimum atomic E-state index is -3.98. The fourth-order valence-electron chi connectivity index (χ4n) is 6.64. The Hall–Kier alpha value is -6.25. The van der Waals surface area contributed by atoms with E-state index in [9.17, 15) is 37.2 Å². The molecule has 19 nitrogen and oxygen atoms in total. The van der Waals surface area contributed by atoms with E-state index in [1.165, 1.54) is 24.0 Å². The van der Waals surface area contributed by atoms with Gasteiger partial charge in [0.1, 0.15) is 37.4 Å². The standard InChI is InChI=1S/C44H59N9O10S.ClH/c1-30-20-22-34(23-21-30)64(60,61)52-43(46)47-25-11-18-35(50-38(54)27-45)41(57)53-26-12-19-37(53)40(56)49-31(2)39(55)51-36(42(58)62-28-32-13-5-3-6-14-32)17-9-10-24-48-44(59)63-29-33-15-7-4-8-16-33;/h3-8,13-16,20-23,31,35-37H,9-12,17-19,24-29,45H2,1-2H3,(H,48,59)(H,49,56)(H,50,54)(H,51,55)(H3,46,47,52);1H/t31-,35-,36-,37-;/m0./s1. The molecule has 65 heavy (non-hydrogen) atoms. The summed E-state index contributed by atoms with van der Waals surface area (Å²) in [7, 11) is -3.98. The highest BCUT2D eigenvalue weighted by Crippen LogP contribution is 2.20. The maximum atomic E-state index is 13.9. The summed E-state index contributed by atoms with van der Waals surface area (Å²) in [5.74, 6) is -3.46. The zero-order chi connectivity index (χ0) is 46.5. The van der Waals surface area contributed by atoms with Gasteiger partial charge in [-0.1, -0.05) is 78.4 Å². The zero-order valence-electron chi connectivity index (χ0n) is 36.5. The van der Waals surface area contributed by atoms with Crippen molar-refractivity contribution < 1.29 is 46.7 Å². The normalized spacial score (nSPS) is 15.0. The SMILES string of the molecule is Cc1ccc(S(=O)(=O)NC(N)=NCCC[C@H](NC(=O)CN)C(=O)N2CCC[C@H]2C(=O)N[C@@H](C)C(=O)N[C@@H](CCCCNC(=O)OCc2ccccc2)C(=O)OCc2ccccc2)cc1.Cl. The van der Waals surface area contributed by atoms with Gasteiger partial charge in [0.05, 0.1) is 11.4 Å². The van der Waals surface area contributed by atoms with Gasteiger partial charge in [0, 0.05) is 19.6 Å². The lowest BCUT2D eigenvalue weighted by Crippen LogP contribution is -2.57. The third-order valence-corrected chi connectivity index (χ3v) is 11.5. The minimum absolute atomic E-state index is 0. The Morgan fingerprint density at radius 1 is 0.815 bits per heavy atom. The number of rotatable bonds is 23. The fraction of sp³-hybridized carbons (Fsp3) is 0.432. The molecule has 0 spiro atoms. The lowest BCUT2D eigenvalue weighted by Gasteiger charge is -2.29. The second-order valence-corrected chi connectivity index (χ2v) is 16.9. The average Bonchev–Trinajstić information content (AvgIpc) is 3.79. The predicted octanol–water partition coefficient (Wildman–Crippen LogP) is 2.05. The third-order valence-electron chi connectivity index (χ3n) is 10.1. The number of likely N-dealkylation sites (tertiary alicyclic amines) is 1. The molecule has 0 saturated carbocycles. The summed E-state index contributed by atoms with van der Waals surface area (Å²) >= 11 is 0.